The standard InChI is InChI=1S/C32H25N3/c1-23(30-11-7-6-10-29(30)21-33-2)24-12-16-27(17-13-24)31-20-32(35-22-34-31)28-18-14-26(15-19-28)25-8-4-3-5-9-25/h3-22H,2H2,1H3/b29-21-,30-23+. The van der Waals surface area contributed by atoms with Crippen LogP contribution in [0.3, 0.4) is 0 Å². The summed E-state index contributed by atoms with van der Waals surface area (Å²) in [5, 5.41) is 2.21. The summed E-state index contributed by atoms with van der Waals surface area (Å²) in [4.78, 5) is 13.0. The molecule has 5 aromatic rings. The topological polar surface area (TPSA) is 38.1 Å². The number of aliphatic imine (C=N–C) groups is 1. The van der Waals surface area contributed by atoms with Crippen molar-refractivity contribution in [2.75, 3.05) is 0 Å². The molecule has 5 rings (SSSR count). The SMILES string of the molecule is C=N/C=c1/cccc/c1=C(/C)c1ccc(-c2cc(-c3ccc(-c4ccccc4)cc3)ncn2)cc1. The molecule has 4 aromatic carbocycles. The zero-order valence-corrected chi connectivity index (χ0v) is 19.6. The molecule has 0 fully saturated rings. The average molecular weight is 452 g/mol. The summed E-state index contributed by atoms with van der Waals surface area (Å²) >= 11 is 0. The van der Waals surface area contributed by atoms with Gasteiger partial charge < -0.3 is 0 Å². The summed E-state index contributed by atoms with van der Waals surface area (Å²) in [7, 11) is 0. The molecule has 1 heterocycles. The molecule has 0 aliphatic rings. The zero-order chi connectivity index (χ0) is 24.0. The Hall–Kier alpha value is -4.63. The smallest absolute Gasteiger partial charge is 0.116 e. The Labute approximate surface area is 205 Å². The van der Waals surface area contributed by atoms with Crippen LogP contribution in [0, 0.1) is 0 Å². The summed E-state index contributed by atoms with van der Waals surface area (Å²) < 4.78 is 0. The second kappa shape index (κ2) is 10.1. The van der Waals surface area contributed by atoms with Crippen LogP contribution in [0.25, 0.3) is 45.4 Å². The van der Waals surface area contributed by atoms with Gasteiger partial charge in [-0.3, -0.25) is 4.99 Å². The molecule has 0 spiro atoms. The summed E-state index contributed by atoms with van der Waals surface area (Å²) in [5.41, 5.74) is 8.67. The Bertz CT molecular complexity index is 1580. The zero-order valence-electron chi connectivity index (χ0n) is 19.6. The van der Waals surface area contributed by atoms with Crippen LogP contribution in [0.2, 0.25) is 0 Å². The molecule has 0 aliphatic carbocycles. The van der Waals surface area contributed by atoms with Crippen LogP contribution in [0.1, 0.15) is 12.5 Å². The molecule has 0 unspecified atom stereocenters. The number of rotatable bonds is 5. The van der Waals surface area contributed by atoms with Crippen molar-refractivity contribution >= 4 is 18.5 Å². The Balaban J connectivity index is 1.44. The van der Waals surface area contributed by atoms with Gasteiger partial charge in [0.15, 0.2) is 0 Å². The molecule has 0 bridgehead atoms. The van der Waals surface area contributed by atoms with Gasteiger partial charge in [0.2, 0.25) is 0 Å². The highest BCUT2D eigenvalue weighted by atomic mass is 14.8. The first-order valence-corrected chi connectivity index (χ1v) is 11.5. The molecular weight excluding hydrogens is 426 g/mol. The molecule has 0 atom stereocenters. The summed E-state index contributed by atoms with van der Waals surface area (Å²) in [6.07, 6.45) is 3.43. The lowest BCUT2D eigenvalue weighted by Gasteiger charge is -2.08. The van der Waals surface area contributed by atoms with Crippen LogP contribution in [0.4, 0.5) is 0 Å². The Kier molecular flexibility index (Phi) is 6.40. The van der Waals surface area contributed by atoms with Crippen molar-refractivity contribution in [1.29, 1.82) is 0 Å². The second-order valence-electron chi connectivity index (χ2n) is 8.33. The molecular formula is C32H25N3. The monoisotopic (exact) mass is 451 g/mol. The highest BCUT2D eigenvalue weighted by Gasteiger charge is 2.06. The fourth-order valence-electron chi connectivity index (χ4n) is 4.23. The van der Waals surface area contributed by atoms with Crippen LogP contribution >= 0.6 is 0 Å². The second-order valence-corrected chi connectivity index (χ2v) is 8.33. The van der Waals surface area contributed by atoms with Crippen LogP contribution in [0.15, 0.2) is 121 Å². The number of aromatic nitrogens is 2. The Morgan fingerprint density at radius 1 is 0.657 bits per heavy atom. The lowest BCUT2D eigenvalue weighted by molar-refractivity contribution is 1.18. The van der Waals surface area contributed by atoms with Gasteiger partial charge in [-0.2, -0.15) is 0 Å². The van der Waals surface area contributed by atoms with Crippen molar-refractivity contribution < 1.29 is 0 Å². The quantitative estimate of drug-likeness (QED) is 0.301. The molecule has 35 heavy (non-hydrogen) atoms. The number of nitrogens with zero attached hydrogens (tertiary/aromatic N) is 3. The minimum Gasteiger partial charge on any atom is -0.272 e. The van der Waals surface area contributed by atoms with Gasteiger partial charge in [-0.05, 0) is 47.2 Å². The lowest BCUT2D eigenvalue weighted by Crippen LogP contribution is -2.25. The molecule has 0 radical (unpaired) electrons. The van der Waals surface area contributed by atoms with Crippen molar-refractivity contribution in [2.45, 2.75) is 6.92 Å². The van der Waals surface area contributed by atoms with Crippen molar-refractivity contribution in [2.24, 2.45) is 4.99 Å². The van der Waals surface area contributed by atoms with E-state index in [2.05, 4.69) is 114 Å². The van der Waals surface area contributed by atoms with Gasteiger partial charge >= 0.3 is 0 Å². The van der Waals surface area contributed by atoms with Crippen molar-refractivity contribution in [3.05, 3.63) is 132 Å². The minimum absolute atomic E-state index is 0.899. The first-order chi connectivity index (χ1) is 17.2. The van der Waals surface area contributed by atoms with Gasteiger partial charge in [-0.1, -0.05) is 103 Å². The van der Waals surface area contributed by atoms with E-state index in [-0.39, 0.29) is 0 Å². The average Bonchev–Trinajstić information content (AvgIpc) is 2.94. The summed E-state index contributed by atoms with van der Waals surface area (Å²) in [6, 6.07) is 37.6. The number of hydrogen-bond donors (Lipinski definition) is 0. The van der Waals surface area contributed by atoms with Crippen molar-refractivity contribution in [3.63, 3.8) is 0 Å². The molecule has 0 N–H and O–H groups in total. The Morgan fingerprint density at radius 2 is 1.20 bits per heavy atom. The molecule has 3 heteroatoms. The molecule has 3 nitrogen and oxygen atoms in total. The van der Waals surface area contributed by atoms with E-state index in [1.165, 1.54) is 16.7 Å². The van der Waals surface area contributed by atoms with Gasteiger partial charge in [0.25, 0.3) is 0 Å². The van der Waals surface area contributed by atoms with Crippen LogP contribution in [0.5, 0.6) is 0 Å². The molecule has 0 amide bonds. The highest BCUT2D eigenvalue weighted by Crippen LogP contribution is 2.26. The predicted molar refractivity (Wildman–Crippen MR) is 146 cm³/mol. The number of hydrogen-bond acceptors (Lipinski definition) is 3. The molecule has 1 aromatic heterocycles. The minimum atomic E-state index is 0.899. The van der Waals surface area contributed by atoms with E-state index < -0.39 is 0 Å². The lowest BCUT2D eigenvalue weighted by atomic mass is 10.00. The van der Waals surface area contributed by atoms with E-state index in [4.69, 9.17) is 0 Å². The van der Waals surface area contributed by atoms with Crippen molar-refractivity contribution in [3.8, 4) is 33.6 Å². The van der Waals surface area contributed by atoms with Crippen LogP contribution in [-0.4, -0.2) is 16.7 Å². The largest absolute Gasteiger partial charge is 0.272 e. The van der Waals surface area contributed by atoms with Crippen LogP contribution < -0.4 is 10.4 Å². The van der Waals surface area contributed by atoms with E-state index in [0.29, 0.717) is 0 Å². The number of benzene rings is 4. The maximum Gasteiger partial charge on any atom is 0.116 e. The predicted octanol–water partition coefficient (Wildman–Crippen LogP) is 6.14. The fourth-order valence-corrected chi connectivity index (χ4v) is 4.23. The molecule has 0 aliphatic heterocycles. The summed E-state index contributed by atoms with van der Waals surface area (Å²) in [5.74, 6) is 0. The third-order valence-corrected chi connectivity index (χ3v) is 6.16. The van der Waals surface area contributed by atoms with Gasteiger partial charge in [0.1, 0.15) is 6.33 Å². The summed E-state index contributed by atoms with van der Waals surface area (Å²) in [6.45, 7) is 5.73. The van der Waals surface area contributed by atoms with E-state index in [1.807, 2.05) is 24.3 Å². The first kappa shape index (κ1) is 22.2. The van der Waals surface area contributed by atoms with E-state index in [0.717, 1.165) is 38.5 Å². The van der Waals surface area contributed by atoms with Crippen LogP contribution in [-0.2, 0) is 0 Å². The van der Waals surface area contributed by atoms with Gasteiger partial charge in [-0.15, -0.1) is 0 Å². The third kappa shape index (κ3) is 4.85. The molecule has 168 valence electrons. The first-order valence-electron chi connectivity index (χ1n) is 11.5. The van der Waals surface area contributed by atoms with Gasteiger partial charge in [-0.25, -0.2) is 9.97 Å². The van der Waals surface area contributed by atoms with Gasteiger partial charge in [0, 0.05) is 22.5 Å². The maximum atomic E-state index is 4.53. The third-order valence-electron chi connectivity index (χ3n) is 6.16. The Morgan fingerprint density at radius 3 is 1.86 bits per heavy atom. The van der Waals surface area contributed by atoms with E-state index in [9.17, 15) is 0 Å². The molecule has 0 saturated carbocycles. The van der Waals surface area contributed by atoms with E-state index in [1.54, 1.807) is 12.5 Å². The fraction of sp³-hybridized carbons (Fsp3) is 0.0312. The normalized spacial score (nSPS) is 12.3. The van der Waals surface area contributed by atoms with Crippen molar-refractivity contribution in [1.82, 2.24) is 9.97 Å². The highest BCUT2D eigenvalue weighted by molar-refractivity contribution is 5.73. The molecule has 0 saturated heterocycles. The maximum absolute atomic E-state index is 4.53. The van der Waals surface area contributed by atoms with E-state index >= 15 is 0 Å². The van der Waals surface area contributed by atoms with Gasteiger partial charge in [0.05, 0.1) is 11.4 Å².